The lowest BCUT2D eigenvalue weighted by Crippen LogP contribution is -2.35. The molecule has 0 saturated carbocycles. The normalized spacial score (nSPS) is 19.6. The standard InChI is InChI=1S/C14H20BrNO2/c1-17-12-5-6-14(13(15)10-12)18-9-7-11-4-2-3-8-16-11/h5-6,10-11,16H,2-4,7-9H2,1H3/t11-/m0/s1. The molecule has 0 spiro atoms. The van der Waals surface area contributed by atoms with Gasteiger partial charge in [-0.05, 0) is 59.9 Å². The fourth-order valence-electron chi connectivity index (χ4n) is 2.21. The number of rotatable bonds is 5. The molecule has 0 radical (unpaired) electrons. The van der Waals surface area contributed by atoms with E-state index in [2.05, 4.69) is 21.2 Å². The highest BCUT2D eigenvalue weighted by molar-refractivity contribution is 9.10. The smallest absolute Gasteiger partial charge is 0.133 e. The summed E-state index contributed by atoms with van der Waals surface area (Å²) in [7, 11) is 1.66. The van der Waals surface area contributed by atoms with Gasteiger partial charge in [-0.25, -0.2) is 0 Å². The average molecular weight is 314 g/mol. The highest BCUT2D eigenvalue weighted by Crippen LogP contribution is 2.29. The van der Waals surface area contributed by atoms with Gasteiger partial charge in [-0.15, -0.1) is 0 Å². The van der Waals surface area contributed by atoms with Crippen LogP contribution in [0, 0.1) is 0 Å². The van der Waals surface area contributed by atoms with E-state index in [9.17, 15) is 0 Å². The van der Waals surface area contributed by atoms with Crippen molar-refractivity contribution in [1.82, 2.24) is 5.32 Å². The van der Waals surface area contributed by atoms with Gasteiger partial charge in [0.25, 0.3) is 0 Å². The number of piperidine rings is 1. The first-order valence-electron chi connectivity index (χ1n) is 6.49. The summed E-state index contributed by atoms with van der Waals surface area (Å²) in [5.41, 5.74) is 0. The summed E-state index contributed by atoms with van der Waals surface area (Å²) in [5.74, 6) is 1.72. The van der Waals surface area contributed by atoms with Crippen molar-refractivity contribution in [3.63, 3.8) is 0 Å². The second-order valence-corrected chi connectivity index (χ2v) is 5.43. The van der Waals surface area contributed by atoms with Crippen LogP contribution in [0.4, 0.5) is 0 Å². The van der Waals surface area contributed by atoms with E-state index in [0.29, 0.717) is 6.04 Å². The zero-order valence-electron chi connectivity index (χ0n) is 10.7. The molecule has 0 unspecified atom stereocenters. The van der Waals surface area contributed by atoms with Gasteiger partial charge in [0.1, 0.15) is 11.5 Å². The quantitative estimate of drug-likeness (QED) is 0.904. The Balaban J connectivity index is 1.79. The van der Waals surface area contributed by atoms with Crippen LogP contribution in [-0.2, 0) is 0 Å². The molecule has 1 fully saturated rings. The molecule has 1 N–H and O–H groups in total. The lowest BCUT2D eigenvalue weighted by molar-refractivity contribution is 0.266. The van der Waals surface area contributed by atoms with Crippen molar-refractivity contribution in [2.75, 3.05) is 20.3 Å². The molecule has 1 heterocycles. The Labute approximate surface area is 117 Å². The molecule has 100 valence electrons. The zero-order chi connectivity index (χ0) is 12.8. The number of hydrogen-bond donors (Lipinski definition) is 1. The van der Waals surface area contributed by atoms with Crippen LogP contribution in [0.25, 0.3) is 0 Å². The van der Waals surface area contributed by atoms with Crippen molar-refractivity contribution in [1.29, 1.82) is 0 Å². The van der Waals surface area contributed by atoms with Gasteiger partial charge in [0.15, 0.2) is 0 Å². The summed E-state index contributed by atoms with van der Waals surface area (Å²) in [6.07, 6.45) is 4.98. The highest BCUT2D eigenvalue weighted by atomic mass is 79.9. The predicted molar refractivity (Wildman–Crippen MR) is 76.4 cm³/mol. The van der Waals surface area contributed by atoms with E-state index >= 15 is 0 Å². The summed E-state index contributed by atoms with van der Waals surface area (Å²) >= 11 is 3.49. The van der Waals surface area contributed by atoms with Gasteiger partial charge in [0.05, 0.1) is 18.2 Å². The average Bonchev–Trinajstić information content (AvgIpc) is 2.42. The summed E-state index contributed by atoms with van der Waals surface area (Å²) in [4.78, 5) is 0. The Morgan fingerprint density at radius 2 is 2.28 bits per heavy atom. The van der Waals surface area contributed by atoms with Crippen molar-refractivity contribution in [3.05, 3.63) is 22.7 Å². The molecule has 1 atom stereocenters. The zero-order valence-corrected chi connectivity index (χ0v) is 12.3. The van der Waals surface area contributed by atoms with Crippen LogP contribution < -0.4 is 14.8 Å². The van der Waals surface area contributed by atoms with Gasteiger partial charge in [-0.1, -0.05) is 6.42 Å². The van der Waals surface area contributed by atoms with Crippen molar-refractivity contribution >= 4 is 15.9 Å². The Kier molecular flexibility index (Phi) is 5.32. The summed E-state index contributed by atoms with van der Waals surface area (Å²) in [6, 6.07) is 6.40. The summed E-state index contributed by atoms with van der Waals surface area (Å²) in [6.45, 7) is 1.90. The van der Waals surface area contributed by atoms with Gasteiger partial charge in [0.2, 0.25) is 0 Å². The molecule has 3 nitrogen and oxygen atoms in total. The molecule has 0 amide bonds. The maximum absolute atomic E-state index is 5.80. The molecule has 1 aromatic rings. The third-order valence-corrected chi connectivity index (χ3v) is 3.90. The lowest BCUT2D eigenvalue weighted by Gasteiger charge is -2.23. The molecule has 1 aromatic carbocycles. The molecule has 0 aromatic heterocycles. The van der Waals surface area contributed by atoms with Gasteiger partial charge in [0, 0.05) is 6.04 Å². The molecule has 18 heavy (non-hydrogen) atoms. The van der Waals surface area contributed by atoms with E-state index in [1.165, 1.54) is 19.3 Å². The number of benzene rings is 1. The number of methoxy groups -OCH3 is 1. The van der Waals surface area contributed by atoms with E-state index in [-0.39, 0.29) is 0 Å². The molecule has 4 heteroatoms. The van der Waals surface area contributed by atoms with Crippen LogP contribution in [0.3, 0.4) is 0 Å². The first kappa shape index (κ1) is 13.7. The maximum atomic E-state index is 5.80. The van der Waals surface area contributed by atoms with Crippen LogP contribution in [0.15, 0.2) is 22.7 Å². The topological polar surface area (TPSA) is 30.5 Å². The van der Waals surface area contributed by atoms with E-state index in [4.69, 9.17) is 9.47 Å². The molecule has 1 aliphatic heterocycles. The van der Waals surface area contributed by atoms with Crippen LogP contribution in [0.2, 0.25) is 0 Å². The molecular weight excluding hydrogens is 294 g/mol. The number of hydrogen-bond acceptors (Lipinski definition) is 3. The summed E-state index contributed by atoms with van der Waals surface area (Å²) in [5, 5.41) is 3.53. The minimum absolute atomic E-state index is 0.621. The Morgan fingerprint density at radius 3 is 2.94 bits per heavy atom. The number of nitrogens with one attached hydrogen (secondary N) is 1. The molecule has 1 saturated heterocycles. The second kappa shape index (κ2) is 7.00. The van der Waals surface area contributed by atoms with Crippen LogP contribution >= 0.6 is 15.9 Å². The van der Waals surface area contributed by atoms with Crippen molar-refractivity contribution in [2.24, 2.45) is 0 Å². The van der Waals surface area contributed by atoms with Gasteiger partial charge >= 0.3 is 0 Å². The SMILES string of the molecule is COc1ccc(OCC[C@@H]2CCCCN2)c(Br)c1. The first-order chi connectivity index (χ1) is 8.79. The van der Waals surface area contributed by atoms with Crippen molar-refractivity contribution in [2.45, 2.75) is 31.7 Å². The largest absolute Gasteiger partial charge is 0.497 e. The minimum Gasteiger partial charge on any atom is -0.497 e. The number of ether oxygens (including phenoxy) is 2. The van der Waals surface area contributed by atoms with Gasteiger partial charge in [-0.2, -0.15) is 0 Å². The monoisotopic (exact) mass is 313 g/mol. The van der Waals surface area contributed by atoms with Crippen molar-refractivity contribution in [3.8, 4) is 11.5 Å². The molecule has 0 aliphatic carbocycles. The van der Waals surface area contributed by atoms with Gasteiger partial charge < -0.3 is 14.8 Å². The maximum Gasteiger partial charge on any atom is 0.133 e. The third-order valence-electron chi connectivity index (χ3n) is 3.28. The molecule has 0 bridgehead atoms. The molecule has 2 rings (SSSR count). The summed E-state index contributed by atoms with van der Waals surface area (Å²) < 4.78 is 11.9. The Hall–Kier alpha value is -0.740. The minimum atomic E-state index is 0.621. The highest BCUT2D eigenvalue weighted by Gasteiger charge is 2.12. The fraction of sp³-hybridized carbons (Fsp3) is 0.571. The first-order valence-corrected chi connectivity index (χ1v) is 7.28. The molecular formula is C14H20BrNO2. The predicted octanol–water partition coefficient (Wildman–Crippen LogP) is 3.37. The van der Waals surface area contributed by atoms with E-state index in [1.807, 2.05) is 18.2 Å². The fourth-order valence-corrected chi connectivity index (χ4v) is 2.68. The Bertz CT molecular complexity index is 378. The van der Waals surface area contributed by atoms with Gasteiger partial charge in [-0.3, -0.25) is 0 Å². The van der Waals surface area contributed by atoms with E-state index < -0.39 is 0 Å². The Morgan fingerprint density at radius 1 is 1.39 bits per heavy atom. The second-order valence-electron chi connectivity index (χ2n) is 4.58. The lowest BCUT2D eigenvalue weighted by atomic mass is 10.0. The van der Waals surface area contributed by atoms with E-state index in [0.717, 1.165) is 35.5 Å². The van der Waals surface area contributed by atoms with E-state index in [1.54, 1.807) is 7.11 Å². The van der Waals surface area contributed by atoms with Crippen LogP contribution in [-0.4, -0.2) is 26.3 Å². The van der Waals surface area contributed by atoms with Crippen molar-refractivity contribution < 1.29 is 9.47 Å². The third kappa shape index (κ3) is 3.89. The number of halogens is 1. The molecule has 1 aliphatic rings. The van der Waals surface area contributed by atoms with Crippen LogP contribution in [0.1, 0.15) is 25.7 Å². The van der Waals surface area contributed by atoms with Crippen LogP contribution in [0.5, 0.6) is 11.5 Å².